The molecular weight excluding hydrogens is 312 g/mol. The summed E-state index contributed by atoms with van der Waals surface area (Å²) in [6, 6.07) is 0. The quantitative estimate of drug-likeness (QED) is 0.498. The van der Waals surface area contributed by atoms with E-state index in [1.54, 1.807) is 0 Å². The third-order valence-electron chi connectivity index (χ3n) is 3.18. The Labute approximate surface area is 116 Å². The topological polar surface area (TPSA) is 113 Å². The lowest BCUT2D eigenvalue weighted by Crippen LogP contribution is -2.35. The molecule has 0 aromatic heterocycles. The first-order valence-electron chi connectivity index (χ1n) is 5.87. The summed E-state index contributed by atoms with van der Waals surface area (Å²) in [5.41, 5.74) is 0. The minimum absolute atomic E-state index is 0.284. The Morgan fingerprint density at radius 1 is 1.40 bits per heavy atom. The third-order valence-corrected chi connectivity index (χ3v) is 5.79. The van der Waals surface area contributed by atoms with Crippen LogP contribution in [0, 0.1) is 0 Å². The van der Waals surface area contributed by atoms with Gasteiger partial charge in [-0.1, -0.05) is 6.58 Å². The van der Waals surface area contributed by atoms with Crippen LogP contribution in [-0.2, 0) is 38.1 Å². The van der Waals surface area contributed by atoms with E-state index >= 15 is 0 Å². The molecule has 0 N–H and O–H groups in total. The minimum Gasteiger partial charge on any atom is -0.458 e. The van der Waals surface area contributed by atoms with Crippen molar-refractivity contribution in [1.29, 1.82) is 0 Å². The molecule has 3 unspecified atom stereocenters. The predicted molar refractivity (Wildman–Crippen MR) is 66.4 cm³/mol. The van der Waals surface area contributed by atoms with Crippen LogP contribution in [0.4, 0.5) is 0 Å². The Morgan fingerprint density at radius 2 is 2.10 bits per heavy atom. The molecule has 2 aliphatic rings. The van der Waals surface area contributed by atoms with Gasteiger partial charge in [0.25, 0.3) is 20.2 Å². The van der Waals surface area contributed by atoms with Crippen LogP contribution < -0.4 is 0 Å². The zero-order chi connectivity index (χ0) is 15.0. The maximum Gasteiger partial charge on any atom is 0.334 e. The van der Waals surface area contributed by atoms with Gasteiger partial charge in [-0.3, -0.25) is 8.37 Å². The second kappa shape index (κ2) is 5.43. The summed E-state index contributed by atoms with van der Waals surface area (Å²) in [7, 11) is -7.51. The maximum atomic E-state index is 11.5. The number of esters is 1. The number of hydrogen-bond acceptors (Lipinski definition) is 8. The molecule has 0 spiro atoms. The van der Waals surface area contributed by atoms with Gasteiger partial charge in [0.1, 0.15) is 12.2 Å². The van der Waals surface area contributed by atoms with Crippen molar-refractivity contribution in [3.05, 3.63) is 12.0 Å². The Morgan fingerprint density at radius 3 is 2.75 bits per heavy atom. The molecule has 1 heterocycles. The largest absolute Gasteiger partial charge is 0.458 e. The van der Waals surface area contributed by atoms with Gasteiger partial charge in [-0.15, -0.1) is 0 Å². The summed E-state index contributed by atoms with van der Waals surface area (Å²) in [6.45, 7) is 2.24. The molecule has 1 saturated carbocycles. The van der Waals surface area contributed by atoms with E-state index in [-0.39, 0.29) is 6.42 Å². The van der Waals surface area contributed by atoms with E-state index < -0.39 is 50.3 Å². The summed E-state index contributed by atoms with van der Waals surface area (Å²) in [5, 5.41) is 0.0258. The maximum absolute atomic E-state index is 11.5. The molecule has 0 amide bonds. The lowest BCUT2D eigenvalue weighted by molar-refractivity contribution is -0.157. The molecule has 1 aliphatic carbocycles. The molecule has 2 bridgehead atoms. The number of carbonyl (C=O) groups excluding carboxylic acids is 1. The molecule has 2 rings (SSSR count). The summed E-state index contributed by atoms with van der Waals surface area (Å²) < 4.78 is 59.1. The van der Waals surface area contributed by atoms with Crippen LogP contribution in [0.25, 0.3) is 0 Å². The van der Waals surface area contributed by atoms with E-state index in [0.717, 1.165) is 0 Å². The zero-order valence-corrected chi connectivity index (χ0v) is 12.1. The van der Waals surface area contributed by atoms with E-state index in [4.69, 9.17) is 8.92 Å². The van der Waals surface area contributed by atoms with Gasteiger partial charge in [0.15, 0.2) is 6.61 Å². The van der Waals surface area contributed by atoms with E-state index in [1.165, 1.54) is 0 Å². The standard InChI is InChI=1S/C10H14O8S2/c1-2-19(12,13)16-6-10(11)17-8-4-3-7-5-9(8)18-20(7,14)15/h2,7-9H,1,3-6H2. The molecule has 0 aromatic rings. The van der Waals surface area contributed by atoms with Gasteiger partial charge < -0.3 is 4.74 Å². The summed E-state index contributed by atoms with van der Waals surface area (Å²) in [6.07, 6.45) is -0.409. The van der Waals surface area contributed by atoms with Gasteiger partial charge in [-0.05, 0) is 19.3 Å². The van der Waals surface area contributed by atoms with E-state index in [0.29, 0.717) is 18.2 Å². The Kier molecular flexibility index (Phi) is 4.19. The number of fused-ring (bicyclic) bond motifs is 2. The van der Waals surface area contributed by atoms with Crippen LogP contribution in [0.3, 0.4) is 0 Å². The number of carbonyl (C=O) groups is 1. The fraction of sp³-hybridized carbons (Fsp3) is 0.700. The Hall–Kier alpha value is -0.970. The predicted octanol–water partition coefficient (Wildman–Crippen LogP) is -0.331. The Balaban J connectivity index is 1.89. The van der Waals surface area contributed by atoms with Crippen molar-refractivity contribution in [3.8, 4) is 0 Å². The highest BCUT2D eigenvalue weighted by Crippen LogP contribution is 2.37. The van der Waals surface area contributed by atoms with Gasteiger partial charge in [-0.2, -0.15) is 16.8 Å². The second-order valence-electron chi connectivity index (χ2n) is 4.51. The normalized spacial score (nSPS) is 31.7. The molecule has 1 saturated heterocycles. The molecule has 0 aromatic carbocycles. The van der Waals surface area contributed by atoms with E-state index in [1.807, 2.05) is 0 Å². The fourth-order valence-electron chi connectivity index (χ4n) is 2.20. The van der Waals surface area contributed by atoms with Crippen molar-refractivity contribution >= 4 is 26.2 Å². The summed E-state index contributed by atoms with van der Waals surface area (Å²) in [5.74, 6) is -0.897. The lowest BCUT2D eigenvalue weighted by atomic mass is 9.94. The monoisotopic (exact) mass is 326 g/mol. The van der Waals surface area contributed by atoms with Crippen molar-refractivity contribution in [2.24, 2.45) is 0 Å². The molecule has 10 heteroatoms. The molecule has 20 heavy (non-hydrogen) atoms. The van der Waals surface area contributed by atoms with Crippen molar-refractivity contribution in [2.45, 2.75) is 36.7 Å². The second-order valence-corrected chi connectivity index (χ2v) is 7.91. The molecule has 2 fully saturated rings. The van der Waals surface area contributed by atoms with Crippen molar-refractivity contribution < 1.29 is 34.7 Å². The van der Waals surface area contributed by atoms with Gasteiger partial charge in [0.2, 0.25) is 0 Å². The van der Waals surface area contributed by atoms with Gasteiger partial charge >= 0.3 is 5.97 Å². The van der Waals surface area contributed by atoms with Crippen LogP contribution in [-0.4, -0.2) is 46.9 Å². The highest BCUT2D eigenvalue weighted by molar-refractivity contribution is 7.89. The van der Waals surface area contributed by atoms with Gasteiger partial charge in [-0.25, -0.2) is 4.79 Å². The highest BCUT2D eigenvalue weighted by Gasteiger charge is 2.48. The first kappa shape index (κ1) is 15.4. The average molecular weight is 326 g/mol. The first-order valence-corrected chi connectivity index (χ1v) is 8.81. The summed E-state index contributed by atoms with van der Waals surface area (Å²) in [4.78, 5) is 11.5. The first-order chi connectivity index (χ1) is 9.23. The van der Waals surface area contributed by atoms with Crippen molar-refractivity contribution in [2.75, 3.05) is 6.61 Å². The van der Waals surface area contributed by atoms with Crippen molar-refractivity contribution in [1.82, 2.24) is 0 Å². The van der Waals surface area contributed by atoms with E-state index in [9.17, 15) is 21.6 Å². The number of hydrogen-bond donors (Lipinski definition) is 0. The lowest BCUT2D eigenvalue weighted by Gasteiger charge is -2.24. The molecule has 1 aliphatic heterocycles. The van der Waals surface area contributed by atoms with Crippen LogP contribution in [0.5, 0.6) is 0 Å². The SMILES string of the molecule is C=CS(=O)(=O)OCC(=O)OC1CCC2CC1OS2(=O)=O. The van der Waals surface area contributed by atoms with Crippen LogP contribution in [0.2, 0.25) is 0 Å². The van der Waals surface area contributed by atoms with Gasteiger partial charge in [0, 0.05) is 0 Å². The Bertz CT molecular complexity index is 605. The van der Waals surface area contributed by atoms with Crippen LogP contribution in [0.1, 0.15) is 19.3 Å². The van der Waals surface area contributed by atoms with Crippen LogP contribution in [0.15, 0.2) is 12.0 Å². The molecule has 8 nitrogen and oxygen atoms in total. The van der Waals surface area contributed by atoms with E-state index in [2.05, 4.69) is 10.8 Å². The minimum atomic E-state index is -3.95. The smallest absolute Gasteiger partial charge is 0.334 e. The average Bonchev–Trinajstić information content (AvgIpc) is 2.62. The zero-order valence-electron chi connectivity index (χ0n) is 10.4. The van der Waals surface area contributed by atoms with Gasteiger partial charge in [0.05, 0.1) is 10.7 Å². The third kappa shape index (κ3) is 3.37. The molecule has 3 atom stereocenters. The highest BCUT2D eigenvalue weighted by atomic mass is 32.2. The molecule has 114 valence electrons. The van der Waals surface area contributed by atoms with Crippen molar-refractivity contribution in [3.63, 3.8) is 0 Å². The number of rotatable bonds is 5. The van der Waals surface area contributed by atoms with Crippen LogP contribution >= 0.6 is 0 Å². The fourth-order valence-corrected chi connectivity index (χ4v) is 4.11. The molecular formula is C10H14O8S2. The number of ether oxygens (including phenoxy) is 1. The summed E-state index contributed by atoms with van der Waals surface area (Å²) >= 11 is 0. The molecule has 0 radical (unpaired) electrons.